The number of aromatic hydroxyl groups is 1. The van der Waals surface area contributed by atoms with Gasteiger partial charge in [-0.15, -0.1) is 0 Å². The number of rotatable bonds is 0. The van der Waals surface area contributed by atoms with Crippen molar-refractivity contribution in [1.82, 2.24) is 0 Å². The summed E-state index contributed by atoms with van der Waals surface area (Å²) in [6.45, 7) is 1.82. The van der Waals surface area contributed by atoms with Gasteiger partial charge in [0.1, 0.15) is 17.6 Å². The maximum absolute atomic E-state index is 13.3. The fraction of sp³-hybridized carbons (Fsp3) is 0.579. The van der Waals surface area contributed by atoms with Crippen molar-refractivity contribution in [1.29, 1.82) is 0 Å². The molecule has 7 atom stereocenters. The quantitative estimate of drug-likeness (QED) is 0.488. The molecule has 4 N–H and O–H groups in total. The monoisotopic (exact) mass is 360 g/mol. The summed E-state index contributed by atoms with van der Waals surface area (Å²) in [5, 5.41) is 43.7. The SMILES string of the molecule is C[C@H]1CC(=O)[C@H]2[C@@](O)(C1)C[C@H](O)[C@]13O[C@H]1c1c(O)cccc1C(=O)[C@]23O. The largest absolute Gasteiger partial charge is 0.508 e. The highest BCUT2D eigenvalue weighted by Crippen LogP contribution is 2.70. The first-order chi connectivity index (χ1) is 12.2. The van der Waals surface area contributed by atoms with Gasteiger partial charge in [0.2, 0.25) is 0 Å². The van der Waals surface area contributed by atoms with Gasteiger partial charge in [0.05, 0.1) is 17.6 Å². The number of phenolic OH excluding ortho intramolecular Hbond substituents is 1. The van der Waals surface area contributed by atoms with Crippen molar-refractivity contribution >= 4 is 11.6 Å². The number of Topliss-reactive ketones (excluding diaryl/α,β-unsaturated/α-hetero) is 2. The van der Waals surface area contributed by atoms with Crippen molar-refractivity contribution in [3.8, 4) is 5.75 Å². The Hall–Kier alpha value is -1.80. The normalized spacial score (nSPS) is 48.9. The van der Waals surface area contributed by atoms with Crippen molar-refractivity contribution in [2.45, 2.75) is 55.2 Å². The van der Waals surface area contributed by atoms with Gasteiger partial charge in [-0.1, -0.05) is 19.1 Å². The Morgan fingerprint density at radius 1 is 1.19 bits per heavy atom. The van der Waals surface area contributed by atoms with Crippen LogP contribution < -0.4 is 0 Å². The van der Waals surface area contributed by atoms with Gasteiger partial charge in [-0.2, -0.15) is 0 Å². The first-order valence-electron chi connectivity index (χ1n) is 8.87. The van der Waals surface area contributed by atoms with Crippen LogP contribution in [-0.2, 0) is 9.53 Å². The molecule has 1 aromatic carbocycles. The maximum atomic E-state index is 13.3. The number of ether oxygens (including phenoxy) is 1. The first kappa shape index (κ1) is 16.4. The number of aliphatic hydroxyl groups is 3. The van der Waals surface area contributed by atoms with E-state index in [1.165, 1.54) is 18.2 Å². The molecule has 7 heteroatoms. The molecular weight excluding hydrogens is 340 g/mol. The second-order valence-electron chi connectivity index (χ2n) is 8.36. The van der Waals surface area contributed by atoms with E-state index in [9.17, 15) is 30.0 Å². The number of ketones is 2. The number of aliphatic hydroxyl groups excluding tert-OH is 1. The van der Waals surface area contributed by atoms with Gasteiger partial charge >= 0.3 is 0 Å². The minimum Gasteiger partial charge on any atom is -0.508 e. The lowest BCUT2D eigenvalue weighted by atomic mass is 9.49. The Bertz CT molecular complexity index is 865. The average molecular weight is 360 g/mol. The smallest absolute Gasteiger partial charge is 0.198 e. The third-order valence-corrected chi connectivity index (χ3v) is 6.75. The highest BCUT2D eigenvalue weighted by molar-refractivity contribution is 6.11. The fourth-order valence-corrected chi connectivity index (χ4v) is 5.86. The highest BCUT2D eigenvalue weighted by atomic mass is 16.6. The fourth-order valence-electron chi connectivity index (χ4n) is 5.86. The lowest BCUT2D eigenvalue weighted by Gasteiger charge is -2.56. The van der Waals surface area contributed by atoms with Crippen molar-refractivity contribution in [3.05, 3.63) is 29.3 Å². The molecular formula is C19H20O7. The third-order valence-electron chi connectivity index (χ3n) is 6.75. The predicted octanol–water partition coefficient (Wildman–Crippen LogP) is 0.241. The molecule has 7 nitrogen and oxygen atoms in total. The standard InChI is InChI=1S/C19H20O7/c1-8-5-11(21)14-17(24,6-8)7-12(22)19-16(26-19)13-9(3-2-4-10(13)20)15(23)18(14,19)25/h2-4,8,12,14,16,20,22,24-25H,5-7H2,1H3/t8-,12-,14-,16-,17+,18+,19-/m0/s1. The second kappa shape index (κ2) is 4.54. The van der Waals surface area contributed by atoms with Crippen LogP contribution in [0.1, 0.15) is 48.2 Å². The topological polar surface area (TPSA) is 128 Å². The van der Waals surface area contributed by atoms with Crippen LogP contribution in [0.25, 0.3) is 0 Å². The molecule has 3 aliphatic carbocycles. The summed E-state index contributed by atoms with van der Waals surface area (Å²) in [6.07, 6.45) is -2.04. The minimum absolute atomic E-state index is 0.0634. The summed E-state index contributed by atoms with van der Waals surface area (Å²) in [6, 6.07) is 4.34. The van der Waals surface area contributed by atoms with Gasteiger partial charge in [0, 0.05) is 24.0 Å². The van der Waals surface area contributed by atoms with Crippen molar-refractivity contribution in [3.63, 3.8) is 0 Å². The molecule has 0 unspecified atom stereocenters. The molecule has 26 heavy (non-hydrogen) atoms. The molecule has 5 rings (SSSR count). The van der Waals surface area contributed by atoms with Crippen LogP contribution >= 0.6 is 0 Å². The molecule has 0 aromatic heterocycles. The van der Waals surface area contributed by atoms with E-state index >= 15 is 0 Å². The van der Waals surface area contributed by atoms with Gasteiger partial charge in [0.15, 0.2) is 17.0 Å². The van der Waals surface area contributed by atoms with Gasteiger partial charge in [0.25, 0.3) is 0 Å². The lowest BCUT2D eigenvalue weighted by Crippen LogP contribution is -2.76. The number of phenols is 1. The third kappa shape index (κ3) is 1.55. The summed E-state index contributed by atoms with van der Waals surface area (Å²) in [7, 11) is 0. The number of carbonyl (C=O) groups is 2. The molecule has 0 bridgehead atoms. The number of fused-ring (bicyclic) bond motifs is 4. The molecule has 1 aromatic rings. The Balaban J connectivity index is 1.76. The molecule has 1 aliphatic heterocycles. The number of hydrogen-bond donors (Lipinski definition) is 4. The van der Waals surface area contributed by atoms with Crippen LogP contribution in [-0.4, -0.2) is 54.9 Å². The zero-order valence-electron chi connectivity index (χ0n) is 14.2. The molecule has 0 amide bonds. The lowest BCUT2D eigenvalue weighted by molar-refractivity contribution is -0.219. The van der Waals surface area contributed by atoms with Crippen LogP contribution in [0.2, 0.25) is 0 Å². The molecule has 2 saturated carbocycles. The zero-order valence-corrected chi connectivity index (χ0v) is 14.2. The molecule has 1 spiro atoms. The number of carbonyl (C=O) groups excluding carboxylic acids is 2. The van der Waals surface area contributed by atoms with Crippen molar-refractivity contribution in [2.24, 2.45) is 11.8 Å². The highest BCUT2D eigenvalue weighted by Gasteiger charge is 2.86. The molecule has 3 fully saturated rings. The summed E-state index contributed by atoms with van der Waals surface area (Å²) in [4.78, 5) is 26.1. The molecule has 1 heterocycles. The molecule has 138 valence electrons. The summed E-state index contributed by atoms with van der Waals surface area (Å²) in [5.41, 5.74) is -5.45. The molecule has 1 saturated heterocycles. The first-order valence-corrected chi connectivity index (χ1v) is 8.87. The van der Waals surface area contributed by atoms with Gasteiger partial charge in [-0.05, 0) is 18.4 Å². The molecule has 0 radical (unpaired) electrons. The number of benzene rings is 1. The molecule has 4 aliphatic rings. The van der Waals surface area contributed by atoms with Gasteiger partial charge in [-0.25, -0.2) is 0 Å². The van der Waals surface area contributed by atoms with E-state index in [2.05, 4.69) is 0 Å². The van der Waals surface area contributed by atoms with E-state index in [4.69, 9.17) is 4.74 Å². The van der Waals surface area contributed by atoms with Gasteiger partial charge in [-0.3, -0.25) is 9.59 Å². The minimum atomic E-state index is -2.36. The van der Waals surface area contributed by atoms with Gasteiger partial charge < -0.3 is 25.2 Å². The van der Waals surface area contributed by atoms with Crippen molar-refractivity contribution < 1.29 is 34.8 Å². The van der Waals surface area contributed by atoms with E-state index < -0.39 is 46.5 Å². The number of hydrogen-bond acceptors (Lipinski definition) is 7. The van der Waals surface area contributed by atoms with Crippen LogP contribution in [0.15, 0.2) is 18.2 Å². The Kier molecular flexibility index (Phi) is 2.86. The Labute approximate surface area is 149 Å². The maximum Gasteiger partial charge on any atom is 0.198 e. The Morgan fingerprint density at radius 3 is 2.65 bits per heavy atom. The zero-order chi connectivity index (χ0) is 18.6. The van der Waals surface area contributed by atoms with E-state index in [0.29, 0.717) is 0 Å². The summed E-state index contributed by atoms with van der Waals surface area (Å²) >= 11 is 0. The van der Waals surface area contributed by atoms with E-state index in [1.54, 1.807) is 0 Å². The van der Waals surface area contributed by atoms with Crippen LogP contribution in [0, 0.1) is 11.8 Å². The van der Waals surface area contributed by atoms with E-state index in [1.807, 2.05) is 6.92 Å². The van der Waals surface area contributed by atoms with Crippen molar-refractivity contribution in [2.75, 3.05) is 0 Å². The van der Waals surface area contributed by atoms with Crippen LogP contribution in [0.5, 0.6) is 5.75 Å². The number of epoxide rings is 1. The van der Waals surface area contributed by atoms with E-state index in [-0.39, 0.29) is 42.1 Å². The Morgan fingerprint density at radius 2 is 1.92 bits per heavy atom. The van der Waals surface area contributed by atoms with Crippen LogP contribution in [0.4, 0.5) is 0 Å². The van der Waals surface area contributed by atoms with E-state index in [0.717, 1.165) is 0 Å². The predicted molar refractivity (Wildman–Crippen MR) is 86.4 cm³/mol. The average Bonchev–Trinajstić information content (AvgIpc) is 3.27. The van der Waals surface area contributed by atoms with Crippen LogP contribution in [0.3, 0.4) is 0 Å². The summed E-state index contributed by atoms with van der Waals surface area (Å²) in [5.74, 6) is -2.81. The summed E-state index contributed by atoms with van der Waals surface area (Å²) < 4.78 is 5.69. The second-order valence-corrected chi connectivity index (χ2v) is 8.36.